The zero-order valence-electron chi connectivity index (χ0n) is 23.5. The third kappa shape index (κ3) is 5.72. The predicted octanol–water partition coefficient (Wildman–Crippen LogP) is 3.39. The van der Waals surface area contributed by atoms with Crippen LogP contribution in [0.4, 0.5) is 8.78 Å². The summed E-state index contributed by atoms with van der Waals surface area (Å²) in [5.74, 6) is -0.524. The van der Waals surface area contributed by atoms with Gasteiger partial charge in [0, 0.05) is 44.3 Å². The topological polar surface area (TPSA) is 105 Å². The lowest BCUT2D eigenvalue weighted by molar-refractivity contribution is 0.101. The highest BCUT2D eigenvalue weighted by Crippen LogP contribution is 2.35. The lowest BCUT2D eigenvalue weighted by Crippen LogP contribution is -2.55. The Balaban J connectivity index is 1.37. The molecule has 3 saturated heterocycles. The number of aromatic nitrogens is 5. The van der Waals surface area contributed by atoms with Gasteiger partial charge in [-0.15, -0.1) is 5.10 Å². The van der Waals surface area contributed by atoms with Crippen molar-refractivity contribution in [1.29, 1.82) is 0 Å². The van der Waals surface area contributed by atoms with Gasteiger partial charge in [-0.2, -0.15) is 0 Å². The molecule has 3 aromatic rings. The van der Waals surface area contributed by atoms with E-state index in [0.29, 0.717) is 25.3 Å². The molecule has 0 radical (unpaired) electrons. The lowest BCUT2D eigenvalue weighted by Gasteiger charge is -2.42. The number of likely N-dealkylation sites (N-methyl/N-ethyl adjacent to an activating group) is 1. The van der Waals surface area contributed by atoms with E-state index in [1.165, 1.54) is 29.3 Å². The summed E-state index contributed by atoms with van der Waals surface area (Å²) in [4.78, 5) is 18.3. The van der Waals surface area contributed by atoms with Crippen molar-refractivity contribution in [1.82, 2.24) is 45.6 Å². The molecular weight excluding hydrogens is 587 g/mol. The van der Waals surface area contributed by atoms with Crippen LogP contribution in [0, 0.1) is 17.7 Å². The van der Waals surface area contributed by atoms with Crippen LogP contribution in [0.3, 0.4) is 0 Å². The van der Waals surface area contributed by atoms with Crippen molar-refractivity contribution in [2.24, 2.45) is 11.8 Å². The van der Waals surface area contributed by atoms with Gasteiger partial charge in [0.25, 0.3) is 5.56 Å². The van der Waals surface area contributed by atoms with Crippen LogP contribution in [-0.4, -0.2) is 80.5 Å². The number of alkyl halides is 1. The van der Waals surface area contributed by atoms with Gasteiger partial charge in [0.2, 0.25) is 0 Å². The molecule has 6 rings (SSSR count). The van der Waals surface area contributed by atoms with Gasteiger partial charge in [-0.3, -0.25) is 14.8 Å². The number of benzene rings is 1. The van der Waals surface area contributed by atoms with E-state index in [0.717, 1.165) is 25.9 Å². The summed E-state index contributed by atoms with van der Waals surface area (Å²) in [5.41, 5.74) is 3.50. The Kier molecular flexibility index (Phi) is 8.63. The van der Waals surface area contributed by atoms with E-state index >= 15 is 8.78 Å². The molecule has 0 saturated carbocycles. The van der Waals surface area contributed by atoms with Gasteiger partial charge in [-0.25, -0.2) is 23.5 Å². The third-order valence-corrected chi connectivity index (χ3v) is 9.60. The summed E-state index contributed by atoms with van der Waals surface area (Å²) >= 11 is 12.1. The van der Waals surface area contributed by atoms with Crippen molar-refractivity contribution in [3.63, 3.8) is 0 Å². The Morgan fingerprint density at radius 3 is 2.69 bits per heavy atom. The molecule has 0 amide bonds. The van der Waals surface area contributed by atoms with Crippen LogP contribution >= 0.6 is 23.2 Å². The summed E-state index contributed by atoms with van der Waals surface area (Å²) in [6, 6.07) is 4.36. The molecule has 3 aliphatic heterocycles. The maximum atomic E-state index is 15.4. The van der Waals surface area contributed by atoms with Crippen molar-refractivity contribution < 1.29 is 8.78 Å². The summed E-state index contributed by atoms with van der Waals surface area (Å²) < 4.78 is 33.7. The molecule has 3 fully saturated rings. The highest BCUT2D eigenvalue weighted by Gasteiger charge is 2.42. The average molecular weight is 623 g/mol. The molecule has 14 heteroatoms. The molecule has 10 nitrogen and oxygen atoms in total. The molecule has 5 unspecified atom stereocenters. The number of hydrogen-bond donors (Lipinski definition) is 3. The van der Waals surface area contributed by atoms with E-state index in [-0.39, 0.29) is 62.8 Å². The van der Waals surface area contributed by atoms with Crippen LogP contribution < -0.4 is 21.6 Å². The van der Waals surface area contributed by atoms with E-state index < -0.39 is 12.0 Å². The van der Waals surface area contributed by atoms with E-state index in [9.17, 15) is 4.79 Å². The van der Waals surface area contributed by atoms with Gasteiger partial charge in [0.15, 0.2) is 11.0 Å². The minimum atomic E-state index is -1.02. The second-order valence-corrected chi connectivity index (χ2v) is 12.5. The summed E-state index contributed by atoms with van der Waals surface area (Å²) in [6.45, 7) is 4.13. The van der Waals surface area contributed by atoms with Crippen molar-refractivity contribution in [2.45, 2.75) is 62.9 Å². The largest absolute Gasteiger partial charge is 0.312 e. The van der Waals surface area contributed by atoms with Crippen LogP contribution in [0.2, 0.25) is 10.2 Å². The first-order chi connectivity index (χ1) is 20.2. The number of hydrogen-bond acceptors (Lipinski definition) is 8. The fraction of sp³-hybridized carbons (Fsp3) is 0.571. The number of halogens is 4. The quantitative estimate of drug-likeness (QED) is 0.409. The van der Waals surface area contributed by atoms with Crippen LogP contribution in [0.1, 0.15) is 38.6 Å². The molecule has 226 valence electrons. The normalized spacial score (nSPS) is 30.9. The lowest BCUT2D eigenvalue weighted by atomic mass is 9.79. The van der Waals surface area contributed by atoms with Gasteiger partial charge in [0.1, 0.15) is 6.17 Å². The molecule has 2 aromatic heterocycles. The van der Waals surface area contributed by atoms with E-state index in [1.54, 1.807) is 10.6 Å². The highest BCUT2D eigenvalue weighted by molar-refractivity contribution is 6.31. The van der Waals surface area contributed by atoms with E-state index in [2.05, 4.69) is 43.4 Å². The van der Waals surface area contributed by atoms with Gasteiger partial charge >= 0.3 is 0 Å². The Morgan fingerprint density at radius 2 is 1.93 bits per heavy atom. The first-order valence-electron chi connectivity index (χ1n) is 14.4. The maximum absolute atomic E-state index is 15.4. The van der Waals surface area contributed by atoms with Gasteiger partial charge in [-0.1, -0.05) is 35.3 Å². The Labute approximate surface area is 252 Å². The molecule has 5 heterocycles. The van der Waals surface area contributed by atoms with Crippen molar-refractivity contribution in [3.05, 3.63) is 57.1 Å². The molecule has 0 aliphatic carbocycles. The molecule has 2 bridgehead atoms. The molecule has 3 N–H and O–H groups in total. The minimum absolute atomic E-state index is 0.0100. The van der Waals surface area contributed by atoms with Crippen molar-refractivity contribution in [3.8, 4) is 16.9 Å². The van der Waals surface area contributed by atoms with Crippen LogP contribution in [0.5, 0.6) is 0 Å². The summed E-state index contributed by atoms with van der Waals surface area (Å²) in [6.07, 6.45) is 4.47. The molecule has 7 atom stereocenters. The number of fused-ring (bicyclic) bond motifs is 4. The third-order valence-electron chi connectivity index (χ3n) is 9.14. The Bertz CT molecular complexity index is 1490. The smallest absolute Gasteiger partial charge is 0.254 e. The zero-order valence-corrected chi connectivity index (χ0v) is 25.0. The number of nitrogens with zero attached hydrogens (tertiary/aromatic N) is 6. The van der Waals surface area contributed by atoms with E-state index in [1.807, 2.05) is 6.92 Å². The molecular formula is C28H35Cl2F2N9O. The van der Waals surface area contributed by atoms with E-state index in [4.69, 9.17) is 23.2 Å². The Hall–Kier alpha value is -2.48. The van der Waals surface area contributed by atoms with Crippen LogP contribution in [0.25, 0.3) is 16.9 Å². The van der Waals surface area contributed by atoms with Gasteiger partial charge in [0.05, 0.1) is 40.5 Å². The second-order valence-electron chi connectivity index (χ2n) is 11.7. The van der Waals surface area contributed by atoms with Crippen LogP contribution in [0.15, 0.2) is 35.5 Å². The summed E-state index contributed by atoms with van der Waals surface area (Å²) in [5, 5.41) is 17.1. The average Bonchev–Trinajstić information content (AvgIpc) is 3.58. The number of nitrogens with one attached hydrogen (secondary N) is 3. The van der Waals surface area contributed by atoms with Crippen molar-refractivity contribution in [2.75, 3.05) is 26.7 Å². The Morgan fingerprint density at radius 1 is 1.10 bits per heavy atom. The molecule has 1 aromatic carbocycles. The van der Waals surface area contributed by atoms with Crippen LogP contribution in [-0.2, 0) is 0 Å². The highest BCUT2D eigenvalue weighted by atomic mass is 35.5. The molecule has 3 aliphatic rings. The summed E-state index contributed by atoms with van der Waals surface area (Å²) in [7, 11) is 2.07. The molecule has 0 spiro atoms. The minimum Gasteiger partial charge on any atom is -0.312 e. The first-order valence-corrected chi connectivity index (χ1v) is 15.2. The SMILES string of the molecule is C[C@@H]1CNC2CNN(C)C2C2CCNC(C2)[C@@H](n2cnc(-c3c(-n4cc(Cl)nn4)ccc(Cl)c3F)cc2=O)CCC1F. The first kappa shape index (κ1) is 29.6. The molecule has 42 heavy (non-hydrogen) atoms. The fourth-order valence-electron chi connectivity index (χ4n) is 6.91. The fourth-order valence-corrected chi connectivity index (χ4v) is 7.19. The monoisotopic (exact) mass is 621 g/mol. The van der Waals surface area contributed by atoms with Gasteiger partial charge < -0.3 is 10.6 Å². The predicted molar refractivity (Wildman–Crippen MR) is 157 cm³/mol. The maximum Gasteiger partial charge on any atom is 0.254 e. The second kappa shape index (κ2) is 12.3. The number of hydrazine groups is 1. The van der Waals surface area contributed by atoms with Gasteiger partial charge in [-0.05, 0) is 56.2 Å². The zero-order chi connectivity index (χ0) is 29.5. The number of piperidine rings is 1. The van der Waals surface area contributed by atoms with Crippen molar-refractivity contribution >= 4 is 23.2 Å². The standard InChI is InChI=1S/C28H35Cl2F2N9O/c1-15-11-34-21-12-36-39(2)28(21)16-7-8-33-19(9-16)22(6-4-18(15)31)40-14-35-20(10-25(40)42)26-23(5-3-17(29)27(26)32)41-13-24(30)37-38-41/h3,5,10,13-16,18-19,21-22,28,33-34,36H,4,6-9,11-12H2,1-2H3/t15-,16?,18?,19?,21?,22+,28?/m1/s1. The number of rotatable bonds is 3.